The zero-order valence-electron chi connectivity index (χ0n) is 30.0. The van der Waals surface area contributed by atoms with Crippen LogP contribution in [0.2, 0.25) is 0 Å². The van der Waals surface area contributed by atoms with Gasteiger partial charge in [0.25, 0.3) is 0 Å². The van der Waals surface area contributed by atoms with Crippen LogP contribution in [0, 0.1) is 5.41 Å². The summed E-state index contributed by atoms with van der Waals surface area (Å²) in [5.41, 5.74) is 3.30. The molecule has 2 aliphatic heterocycles. The lowest BCUT2D eigenvalue weighted by molar-refractivity contribution is -0.137. The Hall–Kier alpha value is -1.53. The summed E-state index contributed by atoms with van der Waals surface area (Å²) in [4.78, 5) is 14.4. The van der Waals surface area contributed by atoms with E-state index in [1.807, 2.05) is 13.3 Å². The molecule has 2 aromatic rings. The fraction of sp³-hybridized carbons (Fsp3) is 0.590. The molecule has 6 rings (SSSR count). The first-order valence-electron chi connectivity index (χ1n) is 18.0. The Kier molecular flexibility index (Phi) is 12.6. The minimum atomic E-state index is -4.55. The molecule has 0 amide bonds. The molecule has 286 valence electrons. The normalized spacial score (nSPS) is 26.4. The second-order valence-corrected chi connectivity index (χ2v) is 20.4. The molecule has 2 unspecified atom stereocenters. The molecule has 1 aromatic heterocycles. The van der Waals surface area contributed by atoms with Crippen LogP contribution in [0.4, 0.5) is 22.0 Å². The molecule has 0 bridgehead atoms. The maximum absolute atomic E-state index is 17.4. The third-order valence-corrected chi connectivity index (χ3v) is 16.1. The number of aliphatic imine (C=N–C) groups is 1. The molecule has 0 radical (unpaired) electrons. The van der Waals surface area contributed by atoms with Gasteiger partial charge in [-0.3, -0.25) is 14.8 Å². The number of benzene rings is 1. The molecule has 2 aliphatic carbocycles. The molecule has 1 aromatic carbocycles. The van der Waals surface area contributed by atoms with Crippen LogP contribution in [0.1, 0.15) is 122 Å². The Morgan fingerprint density at radius 1 is 1.08 bits per heavy atom. The van der Waals surface area contributed by atoms with Crippen LogP contribution in [0.3, 0.4) is 0 Å². The van der Waals surface area contributed by atoms with Gasteiger partial charge in [0, 0.05) is 55.1 Å². The van der Waals surface area contributed by atoms with Crippen molar-refractivity contribution in [2.24, 2.45) is 10.4 Å². The molecule has 52 heavy (non-hydrogen) atoms. The smallest absolute Gasteiger partial charge is 0.395 e. The zero-order valence-corrected chi connectivity index (χ0v) is 34.3. The van der Waals surface area contributed by atoms with Crippen LogP contribution in [0.15, 0.2) is 38.9 Å². The zero-order chi connectivity index (χ0) is 37.4. The molecular formula is C39H49F5I2N4O2. The van der Waals surface area contributed by atoms with Gasteiger partial charge in [-0.05, 0) is 103 Å². The van der Waals surface area contributed by atoms with E-state index < -0.39 is 69.2 Å². The Morgan fingerprint density at radius 3 is 2.33 bits per heavy atom. The fourth-order valence-corrected chi connectivity index (χ4v) is 11.9. The number of pyridine rings is 1. The quantitative estimate of drug-likeness (QED) is 0.142. The third kappa shape index (κ3) is 8.95. The number of alkyl halides is 6. The van der Waals surface area contributed by atoms with E-state index in [0.29, 0.717) is 93.4 Å². The largest absolute Gasteiger partial charge is 0.416 e. The Balaban J connectivity index is 1.39. The van der Waals surface area contributed by atoms with Gasteiger partial charge in [0.15, 0.2) is 9.85 Å². The summed E-state index contributed by atoms with van der Waals surface area (Å²) in [6.45, 7) is 7.05. The molecule has 3 heterocycles. The van der Waals surface area contributed by atoms with Crippen LogP contribution in [0.5, 0.6) is 0 Å². The predicted molar refractivity (Wildman–Crippen MR) is 216 cm³/mol. The van der Waals surface area contributed by atoms with Gasteiger partial charge in [-0.1, -0.05) is 72.0 Å². The van der Waals surface area contributed by atoms with Crippen molar-refractivity contribution >= 4 is 55.9 Å². The van der Waals surface area contributed by atoms with E-state index in [4.69, 9.17) is 9.98 Å². The standard InChI is InChI=1S/C39H49F5I2N4O2/c1-37(2)19-29-32(30(52)20-37)31(25-9-13-38(41,45-3)14-10-25)33(34(40)26-5-7-28(8-6-26)39(42,43)44)35(48-29)27-11-15-50(16-12-27)36-46-21-24(22-47-36)23-49(4)17-18-51/h5-8,21-22,25,27,30,34,51-52H,3,9-20,23H2,1-2,4H3. The van der Waals surface area contributed by atoms with E-state index in [0.717, 1.165) is 33.7 Å². The topological polar surface area (TPSA) is 72.2 Å². The minimum Gasteiger partial charge on any atom is -0.395 e. The number of rotatable bonds is 10. The van der Waals surface area contributed by atoms with Crippen molar-refractivity contribution in [3.63, 3.8) is 0 Å². The van der Waals surface area contributed by atoms with Crippen molar-refractivity contribution in [3.05, 3.63) is 73.1 Å². The highest BCUT2D eigenvalue weighted by molar-refractivity contribution is 14.2. The first-order chi connectivity index (χ1) is 24.6. The van der Waals surface area contributed by atoms with E-state index in [2.05, 4.69) is 32.2 Å². The van der Waals surface area contributed by atoms with Crippen LogP contribution in [-0.2, 0) is 12.6 Å². The van der Waals surface area contributed by atoms with Crippen LogP contribution >= 0.6 is 41.5 Å². The van der Waals surface area contributed by atoms with Crippen LogP contribution in [-0.4, -0.2) is 83.0 Å². The molecular weight excluding hydrogens is 905 g/mol. The lowest BCUT2D eigenvalue weighted by atomic mass is 9.68. The Bertz CT molecular complexity index is 1710. The van der Waals surface area contributed by atoms with Gasteiger partial charge in [-0.15, -0.1) is 0 Å². The maximum Gasteiger partial charge on any atom is 0.416 e. The molecule has 2 N–H and O–H groups in total. The number of aliphatic hydroxyl groups excluding tert-OH is 2. The Labute approximate surface area is 323 Å². The number of aliphatic hydroxyl groups is 2. The van der Waals surface area contributed by atoms with Crippen LogP contribution < -0.4 is 0 Å². The number of aromatic nitrogens is 1. The van der Waals surface area contributed by atoms with E-state index in [1.54, 1.807) is 0 Å². The van der Waals surface area contributed by atoms with Gasteiger partial charge in [0.05, 0.1) is 24.0 Å². The van der Waals surface area contributed by atoms with Crippen molar-refractivity contribution in [2.45, 2.75) is 99.2 Å². The highest BCUT2D eigenvalue weighted by Gasteiger charge is 2.43. The lowest BCUT2D eigenvalue weighted by Crippen LogP contribution is -2.38. The fourth-order valence-electron chi connectivity index (χ4n) is 8.29. The predicted octanol–water partition coefficient (Wildman–Crippen LogP) is 9.02. The summed E-state index contributed by atoms with van der Waals surface area (Å²) in [5, 5.41) is 21.0. The Morgan fingerprint density at radius 2 is 1.75 bits per heavy atom. The summed E-state index contributed by atoms with van der Waals surface area (Å²) in [6.07, 6.45) is -1.15. The summed E-state index contributed by atoms with van der Waals surface area (Å²) < 4.78 is 79.5. The number of hydrogen-bond acceptors (Lipinski definition) is 6. The van der Waals surface area contributed by atoms with E-state index in [1.165, 1.54) is 12.1 Å². The number of likely N-dealkylation sites (tertiary alicyclic amines) is 1. The second kappa shape index (κ2) is 16.3. The average Bonchev–Trinajstić information content (AvgIpc) is 3.10. The SMILES string of the molecule is C=IC1(F)CCC(c2c3c(nc(C4CCN(C5=IC=C(CN(C)CCO)C=N5)CC4)c2C(F)c2ccc(C(F)(F)F)cc2)CC(C)(C)CC3O)CC1. The number of halogens is 7. The van der Waals surface area contributed by atoms with Crippen molar-refractivity contribution in [1.82, 2.24) is 14.8 Å². The van der Waals surface area contributed by atoms with Gasteiger partial charge >= 0.3 is 6.18 Å². The average molecular weight is 955 g/mol. The summed E-state index contributed by atoms with van der Waals surface area (Å²) in [6, 6.07) is 4.28. The minimum absolute atomic E-state index is 0.104. The van der Waals surface area contributed by atoms with Crippen molar-refractivity contribution in [3.8, 4) is 0 Å². The molecule has 1 saturated carbocycles. The van der Waals surface area contributed by atoms with Crippen molar-refractivity contribution in [1.29, 1.82) is 0 Å². The number of hydrogen-bond donors (Lipinski definition) is 2. The maximum atomic E-state index is 17.4. The summed E-state index contributed by atoms with van der Waals surface area (Å²) >= 11 is -1.36. The number of nitrogens with zero attached hydrogens (tertiary/aromatic N) is 4. The van der Waals surface area contributed by atoms with E-state index in [-0.39, 0.29) is 29.4 Å². The molecule has 2 fully saturated rings. The number of fused-ring (bicyclic) bond motifs is 1. The monoisotopic (exact) mass is 954 g/mol. The van der Waals surface area contributed by atoms with E-state index >= 15 is 8.78 Å². The van der Waals surface area contributed by atoms with Gasteiger partial charge < -0.3 is 10.2 Å². The molecule has 2 atom stereocenters. The van der Waals surface area contributed by atoms with Crippen molar-refractivity contribution < 1.29 is 32.2 Å². The summed E-state index contributed by atoms with van der Waals surface area (Å²) in [7, 11) is 1.97. The lowest BCUT2D eigenvalue weighted by Gasteiger charge is -2.41. The van der Waals surface area contributed by atoms with E-state index in [9.17, 15) is 23.4 Å². The second-order valence-electron chi connectivity index (χ2n) is 15.5. The molecule has 1 saturated heterocycles. The van der Waals surface area contributed by atoms with Gasteiger partial charge in [0.1, 0.15) is 3.76 Å². The van der Waals surface area contributed by atoms with Gasteiger partial charge in [0.2, 0.25) is 0 Å². The molecule has 4 aliphatic rings. The molecule has 13 heteroatoms. The van der Waals surface area contributed by atoms with Crippen LogP contribution in [0.25, 0.3) is 0 Å². The number of piperidine rings is 1. The highest BCUT2D eigenvalue weighted by atomic mass is 127. The molecule has 6 nitrogen and oxygen atoms in total. The third-order valence-electron chi connectivity index (χ3n) is 11.0. The highest BCUT2D eigenvalue weighted by Crippen LogP contribution is 2.53. The summed E-state index contributed by atoms with van der Waals surface area (Å²) in [5.74, 6) is -0.313. The number of likely N-dealkylation sites (N-methyl/N-ethyl adjacent to an activating group) is 1. The first-order valence-corrected chi connectivity index (χ1v) is 23.0. The van der Waals surface area contributed by atoms with Gasteiger partial charge in [-0.25, -0.2) is 13.8 Å². The molecule has 0 spiro atoms. The van der Waals surface area contributed by atoms with Gasteiger partial charge in [-0.2, -0.15) is 13.2 Å². The van der Waals surface area contributed by atoms with Crippen molar-refractivity contribution in [2.75, 3.05) is 39.8 Å². The first kappa shape index (κ1) is 40.1.